The molecule has 1 aromatic carbocycles. The molecule has 114 valence electrons. The van der Waals surface area contributed by atoms with Gasteiger partial charge < -0.3 is 10.1 Å². The Labute approximate surface area is 121 Å². The number of ether oxygens (including phenoxy) is 1. The highest BCUT2D eigenvalue weighted by Gasteiger charge is 2.41. The largest absolute Gasteiger partial charge is 0.373 e. The molecule has 0 radical (unpaired) electrons. The van der Waals surface area contributed by atoms with E-state index >= 15 is 0 Å². The zero-order valence-corrected chi connectivity index (χ0v) is 11.9. The second kappa shape index (κ2) is 5.04. The number of hydrogen-bond donors (Lipinski definition) is 2. The lowest BCUT2D eigenvalue weighted by atomic mass is 9.95. The molecule has 2 heterocycles. The first kappa shape index (κ1) is 14.4. The van der Waals surface area contributed by atoms with E-state index in [0.717, 1.165) is 31.0 Å². The van der Waals surface area contributed by atoms with E-state index in [1.165, 1.54) is 0 Å². The Morgan fingerprint density at radius 3 is 2.71 bits per heavy atom. The molecule has 6 nitrogen and oxygen atoms in total. The van der Waals surface area contributed by atoms with Gasteiger partial charge in [-0.2, -0.15) is 0 Å². The van der Waals surface area contributed by atoms with Crippen molar-refractivity contribution in [2.75, 3.05) is 0 Å². The van der Waals surface area contributed by atoms with Crippen molar-refractivity contribution in [3.8, 4) is 0 Å². The standard InChI is InChI=1S/C13H15FN2O4S/c14-10-3-2-8(21(15,18)19)6-9(10)13(17)16-11-5-7-1-4-12(11)20-7/h2-3,6-7,11-12H,1,4-5H2,(H,16,17)(H2,15,18,19). The Balaban J connectivity index is 1.81. The maximum Gasteiger partial charge on any atom is 0.254 e. The topological polar surface area (TPSA) is 98.5 Å². The number of carbonyl (C=O) groups excluding carboxylic acids is 1. The lowest BCUT2D eigenvalue weighted by molar-refractivity contribution is 0.0838. The van der Waals surface area contributed by atoms with Gasteiger partial charge in [0.2, 0.25) is 10.0 Å². The number of carbonyl (C=O) groups is 1. The van der Waals surface area contributed by atoms with Crippen molar-refractivity contribution in [3.05, 3.63) is 29.6 Å². The van der Waals surface area contributed by atoms with Gasteiger partial charge in [-0.05, 0) is 37.5 Å². The maximum atomic E-state index is 13.7. The van der Waals surface area contributed by atoms with Gasteiger partial charge in [0.05, 0.1) is 28.7 Å². The van der Waals surface area contributed by atoms with Crippen molar-refractivity contribution < 1.29 is 22.3 Å². The summed E-state index contributed by atoms with van der Waals surface area (Å²) in [7, 11) is -3.98. The molecule has 2 bridgehead atoms. The predicted molar refractivity (Wildman–Crippen MR) is 71.5 cm³/mol. The van der Waals surface area contributed by atoms with Crippen molar-refractivity contribution in [1.29, 1.82) is 0 Å². The van der Waals surface area contributed by atoms with Gasteiger partial charge in [0.25, 0.3) is 5.91 Å². The van der Waals surface area contributed by atoms with E-state index in [2.05, 4.69) is 5.32 Å². The Morgan fingerprint density at radius 2 is 2.14 bits per heavy atom. The highest BCUT2D eigenvalue weighted by atomic mass is 32.2. The van der Waals surface area contributed by atoms with Gasteiger partial charge in [-0.25, -0.2) is 17.9 Å². The molecule has 2 aliphatic heterocycles. The van der Waals surface area contributed by atoms with Crippen LogP contribution in [0.3, 0.4) is 0 Å². The van der Waals surface area contributed by atoms with Crippen LogP contribution in [0.1, 0.15) is 29.6 Å². The Morgan fingerprint density at radius 1 is 1.38 bits per heavy atom. The molecule has 0 saturated carbocycles. The van der Waals surface area contributed by atoms with Crippen LogP contribution in [0.25, 0.3) is 0 Å². The number of fused-ring (bicyclic) bond motifs is 2. The highest BCUT2D eigenvalue weighted by molar-refractivity contribution is 7.89. The lowest BCUT2D eigenvalue weighted by Gasteiger charge is -2.20. The van der Waals surface area contributed by atoms with E-state index in [9.17, 15) is 17.6 Å². The molecule has 2 fully saturated rings. The van der Waals surface area contributed by atoms with Crippen LogP contribution in [-0.4, -0.2) is 32.6 Å². The number of nitrogens with one attached hydrogen (secondary N) is 1. The normalized spacial score (nSPS) is 27.8. The fraction of sp³-hybridized carbons (Fsp3) is 0.462. The van der Waals surface area contributed by atoms with Gasteiger partial charge in [0, 0.05) is 0 Å². The minimum atomic E-state index is -3.98. The molecule has 3 atom stereocenters. The Kier molecular flexibility index (Phi) is 3.46. The summed E-state index contributed by atoms with van der Waals surface area (Å²) < 4.78 is 41.9. The molecule has 3 N–H and O–H groups in total. The molecule has 0 aromatic heterocycles. The summed E-state index contributed by atoms with van der Waals surface area (Å²) in [4.78, 5) is 11.8. The molecular formula is C13H15FN2O4S. The predicted octanol–water partition coefficient (Wildman–Crippen LogP) is 0.523. The molecule has 2 aliphatic rings. The van der Waals surface area contributed by atoms with Crippen LogP contribution in [0.4, 0.5) is 4.39 Å². The number of amides is 1. The molecular weight excluding hydrogens is 299 g/mol. The SMILES string of the molecule is NS(=O)(=O)c1ccc(F)c(C(=O)NC2CC3CCC2O3)c1. The first-order chi connectivity index (χ1) is 9.84. The van der Waals surface area contributed by atoms with E-state index in [-0.39, 0.29) is 28.7 Å². The first-order valence-electron chi connectivity index (χ1n) is 6.63. The summed E-state index contributed by atoms with van der Waals surface area (Å²) in [5.74, 6) is -1.44. The van der Waals surface area contributed by atoms with Gasteiger partial charge in [-0.1, -0.05) is 0 Å². The number of halogens is 1. The number of hydrogen-bond acceptors (Lipinski definition) is 4. The third kappa shape index (κ3) is 2.78. The maximum absolute atomic E-state index is 13.7. The van der Waals surface area contributed by atoms with Crippen LogP contribution in [-0.2, 0) is 14.8 Å². The minimum absolute atomic E-state index is 0.0385. The van der Waals surface area contributed by atoms with E-state index in [1.807, 2.05) is 0 Å². The van der Waals surface area contributed by atoms with Gasteiger partial charge in [-0.3, -0.25) is 4.79 Å². The minimum Gasteiger partial charge on any atom is -0.373 e. The number of nitrogens with two attached hydrogens (primary N) is 1. The second-order valence-corrected chi connectivity index (χ2v) is 6.94. The molecule has 8 heteroatoms. The summed E-state index contributed by atoms with van der Waals surface area (Å²) >= 11 is 0. The fourth-order valence-corrected chi connectivity index (χ4v) is 3.43. The van der Waals surface area contributed by atoms with Crippen LogP contribution in [0, 0.1) is 5.82 Å². The van der Waals surface area contributed by atoms with Crippen LogP contribution < -0.4 is 10.5 Å². The molecule has 21 heavy (non-hydrogen) atoms. The monoisotopic (exact) mass is 314 g/mol. The third-order valence-electron chi connectivity index (χ3n) is 3.93. The molecule has 1 amide bonds. The van der Waals surface area contributed by atoms with Crippen molar-refractivity contribution in [2.24, 2.45) is 5.14 Å². The number of benzene rings is 1. The Bertz CT molecular complexity index is 691. The van der Waals surface area contributed by atoms with Crippen LogP contribution >= 0.6 is 0 Å². The smallest absolute Gasteiger partial charge is 0.254 e. The summed E-state index contributed by atoms with van der Waals surface area (Å²) in [6.07, 6.45) is 2.67. The average Bonchev–Trinajstić information content (AvgIpc) is 2.99. The first-order valence-corrected chi connectivity index (χ1v) is 8.18. The van der Waals surface area contributed by atoms with Crippen molar-refractivity contribution in [1.82, 2.24) is 5.32 Å². The Hall–Kier alpha value is -1.51. The van der Waals surface area contributed by atoms with Crippen LogP contribution in [0.5, 0.6) is 0 Å². The highest BCUT2D eigenvalue weighted by Crippen LogP contribution is 2.34. The quantitative estimate of drug-likeness (QED) is 0.850. The summed E-state index contributed by atoms with van der Waals surface area (Å²) in [5.41, 5.74) is -0.329. The zero-order valence-electron chi connectivity index (χ0n) is 11.1. The van der Waals surface area contributed by atoms with Crippen LogP contribution in [0.2, 0.25) is 0 Å². The summed E-state index contributed by atoms with van der Waals surface area (Å²) in [6.45, 7) is 0. The zero-order chi connectivity index (χ0) is 15.2. The van der Waals surface area contributed by atoms with Crippen molar-refractivity contribution in [3.63, 3.8) is 0 Å². The van der Waals surface area contributed by atoms with E-state index < -0.39 is 21.7 Å². The number of rotatable bonds is 3. The van der Waals surface area contributed by atoms with Gasteiger partial charge in [0.1, 0.15) is 5.82 Å². The summed E-state index contributed by atoms with van der Waals surface area (Å²) in [6, 6.07) is 2.75. The second-order valence-electron chi connectivity index (χ2n) is 5.38. The lowest BCUT2D eigenvalue weighted by Crippen LogP contribution is -2.41. The van der Waals surface area contributed by atoms with E-state index in [1.54, 1.807) is 0 Å². The summed E-state index contributed by atoms with van der Waals surface area (Å²) in [5, 5.41) is 7.69. The van der Waals surface area contributed by atoms with Crippen molar-refractivity contribution in [2.45, 2.75) is 42.4 Å². The van der Waals surface area contributed by atoms with Gasteiger partial charge >= 0.3 is 0 Å². The van der Waals surface area contributed by atoms with Crippen molar-refractivity contribution >= 4 is 15.9 Å². The van der Waals surface area contributed by atoms with E-state index in [4.69, 9.17) is 9.88 Å². The molecule has 0 aliphatic carbocycles. The number of sulfonamides is 1. The molecule has 0 spiro atoms. The number of primary sulfonamides is 1. The molecule has 3 unspecified atom stereocenters. The van der Waals surface area contributed by atoms with E-state index in [0.29, 0.717) is 6.42 Å². The fourth-order valence-electron chi connectivity index (χ4n) is 2.89. The van der Waals surface area contributed by atoms with Gasteiger partial charge in [0.15, 0.2) is 0 Å². The van der Waals surface area contributed by atoms with Gasteiger partial charge in [-0.15, -0.1) is 0 Å². The average molecular weight is 314 g/mol. The molecule has 1 aromatic rings. The molecule has 3 rings (SSSR count). The third-order valence-corrected chi connectivity index (χ3v) is 4.84. The molecule has 2 saturated heterocycles. The van der Waals surface area contributed by atoms with Crippen LogP contribution in [0.15, 0.2) is 23.1 Å².